The van der Waals surface area contributed by atoms with Crippen LogP contribution in [0.3, 0.4) is 0 Å². The van der Waals surface area contributed by atoms with Crippen molar-refractivity contribution in [3.63, 3.8) is 0 Å². The fourth-order valence-corrected chi connectivity index (χ4v) is 4.09. The number of piperidine rings is 1. The van der Waals surface area contributed by atoms with Gasteiger partial charge in [-0.05, 0) is 66.6 Å². The number of aromatic nitrogens is 1. The summed E-state index contributed by atoms with van der Waals surface area (Å²) in [6.45, 7) is 12.5. The second-order valence-corrected chi connectivity index (χ2v) is 7.33. The minimum absolute atomic E-state index is 0.431. The molecule has 2 unspecified atom stereocenters. The Hall–Kier alpha value is -0.450. The van der Waals surface area contributed by atoms with E-state index in [1.54, 1.807) is 0 Å². The van der Waals surface area contributed by atoms with Gasteiger partial charge in [0.2, 0.25) is 0 Å². The molecule has 20 heavy (non-hydrogen) atoms. The lowest BCUT2D eigenvalue weighted by molar-refractivity contribution is 0.158. The number of hydrogen-bond donors (Lipinski definition) is 1. The minimum atomic E-state index is 0.431. The van der Waals surface area contributed by atoms with E-state index in [4.69, 9.17) is 0 Å². The second kappa shape index (κ2) is 7.53. The summed E-state index contributed by atoms with van der Waals surface area (Å²) < 4.78 is 0. The fraction of sp³-hybridized carbons (Fsp3) is 0.812. The van der Waals surface area contributed by atoms with Gasteiger partial charge < -0.3 is 10.2 Å². The Morgan fingerprint density at radius 1 is 1.40 bits per heavy atom. The Kier molecular flexibility index (Phi) is 6.00. The molecule has 1 aliphatic rings. The SMILES string of the molecule is Cc1nc(C)c(C(C)NCCCN2CCCCC2C)s1. The standard InChI is InChI=1S/C16H29N3S/c1-12-8-5-6-10-19(12)11-7-9-17-13(2)16-14(3)18-15(4)20-16/h12-13,17H,5-11H2,1-4H3. The van der Waals surface area contributed by atoms with Crippen LogP contribution in [0.5, 0.6) is 0 Å². The minimum Gasteiger partial charge on any atom is -0.309 e. The van der Waals surface area contributed by atoms with Gasteiger partial charge in [0, 0.05) is 17.0 Å². The van der Waals surface area contributed by atoms with E-state index in [2.05, 4.69) is 42.9 Å². The number of nitrogens with one attached hydrogen (secondary N) is 1. The molecule has 0 amide bonds. The van der Waals surface area contributed by atoms with Crippen LogP contribution >= 0.6 is 11.3 Å². The maximum Gasteiger partial charge on any atom is 0.0900 e. The highest BCUT2D eigenvalue weighted by Gasteiger charge is 2.17. The average molecular weight is 295 g/mol. The number of likely N-dealkylation sites (tertiary alicyclic amines) is 1. The molecule has 0 radical (unpaired) electrons. The topological polar surface area (TPSA) is 28.2 Å². The molecule has 0 spiro atoms. The third-order valence-electron chi connectivity index (χ3n) is 4.35. The molecule has 1 N–H and O–H groups in total. The second-order valence-electron chi connectivity index (χ2n) is 6.09. The summed E-state index contributed by atoms with van der Waals surface area (Å²) in [5.74, 6) is 0. The maximum atomic E-state index is 4.51. The lowest BCUT2D eigenvalue weighted by Gasteiger charge is -2.33. The zero-order chi connectivity index (χ0) is 14.5. The van der Waals surface area contributed by atoms with Crippen molar-refractivity contribution in [2.45, 2.75) is 65.5 Å². The molecule has 0 saturated carbocycles. The lowest BCUT2D eigenvalue weighted by atomic mass is 10.0. The largest absolute Gasteiger partial charge is 0.309 e. The normalized spacial score (nSPS) is 22.1. The Bertz CT molecular complexity index is 416. The van der Waals surface area contributed by atoms with E-state index in [0.29, 0.717) is 6.04 Å². The van der Waals surface area contributed by atoms with Crippen LogP contribution in [-0.2, 0) is 0 Å². The van der Waals surface area contributed by atoms with E-state index >= 15 is 0 Å². The van der Waals surface area contributed by atoms with Crippen molar-refractivity contribution in [1.29, 1.82) is 0 Å². The molecule has 2 atom stereocenters. The highest BCUT2D eigenvalue weighted by molar-refractivity contribution is 7.11. The Morgan fingerprint density at radius 3 is 2.85 bits per heavy atom. The van der Waals surface area contributed by atoms with Gasteiger partial charge in [-0.1, -0.05) is 6.42 Å². The van der Waals surface area contributed by atoms with Crippen molar-refractivity contribution >= 4 is 11.3 Å². The third-order valence-corrected chi connectivity index (χ3v) is 5.60. The van der Waals surface area contributed by atoms with E-state index in [9.17, 15) is 0 Å². The number of aryl methyl sites for hydroxylation is 2. The summed E-state index contributed by atoms with van der Waals surface area (Å²) in [6.07, 6.45) is 5.42. The van der Waals surface area contributed by atoms with E-state index in [1.807, 2.05) is 11.3 Å². The quantitative estimate of drug-likeness (QED) is 0.812. The van der Waals surface area contributed by atoms with Crippen LogP contribution in [0.1, 0.15) is 61.2 Å². The average Bonchev–Trinajstić information content (AvgIpc) is 2.75. The molecule has 0 aliphatic carbocycles. The molecule has 0 aromatic carbocycles. The van der Waals surface area contributed by atoms with Gasteiger partial charge in [-0.3, -0.25) is 0 Å². The van der Waals surface area contributed by atoms with Gasteiger partial charge >= 0.3 is 0 Å². The summed E-state index contributed by atoms with van der Waals surface area (Å²) >= 11 is 1.82. The highest BCUT2D eigenvalue weighted by Crippen LogP contribution is 2.24. The Morgan fingerprint density at radius 2 is 2.20 bits per heavy atom. The van der Waals surface area contributed by atoms with Crippen molar-refractivity contribution in [2.24, 2.45) is 0 Å². The predicted octanol–water partition coefficient (Wildman–Crippen LogP) is 3.68. The van der Waals surface area contributed by atoms with E-state index in [1.165, 1.54) is 54.4 Å². The molecule has 1 aromatic rings. The third kappa shape index (κ3) is 4.27. The zero-order valence-electron chi connectivity index (χ0n) is 13.4. The van der Waals surface area contributed by atoms with E-state index in [-0.39, 0.29) is 0 Å². The van der Waals surface area contributed by atoms with Gasteiger partial charge in [-0.2, -0.15) is 0 Å². The van der Waals surface area contributed by atoms with Gasteiger partial charge in [0.25, 0.3) is 0 Å². The highest BCUT2D eigenvalue weighted by atomic mass is 32.1. The molecule has 1 aliphatic heterocycles. The van der Waals surface area contributed by atoms with Crippen molar-refractivity contribution < 1.29 is 0 Å². The monoisotopic (exact) mass is 295 g/mol. The van der Waals surface area contributed by atoms with Crippen LogP contribution in [0.2, 0.25) is 0 Å². The number of rotatable bonds is 6. The van der Waals surface area contributed by atoms with Crippen molar-refractivity contribution in [2.75, 3.05) is 19.6 Å². The van der Waals surface area contributed by atoms with Crippen LogP contribution in [0.15, 0.2) is 0 Å². The molecule has 2 heterocycles. The molecule has 1 aromatic heterocycles. The smallest absolute Gasteiger partial charge is 0.0900 e. The van der Waals surface area contributed by atoms with Crippen molar-refractivity contribution in [1.82, 2.24) is 15.2 Å². The first-order chi connectivity index (χ1) is 9.58. The Balaban J connectivity index is 1.69. The van der Waals surface area contributed by atoms with E-state index in [0.717, 1.165) is 12.6 Å². The van der Waals surface area contributed by atoms with Crippen molar-refractivity contribution in [3.8, 4) is 0 Å². The van der Waals surface area contributed by atoms with Crippen LogP contribution in [0.25, 0.3) is 0 Å². The zero-order valence-corrected chi connectivity index (χ0v) is 14.2. The molecular formula is C16H29N3S. The van der Waals surface area contributed by atoms with Crippen molar-refractivity contribution in [3.05, 3.63) is 15.6 Å². The van der Waals surface area contributed by atoms with Crippen LogP contribution in [0.4, 0.5) is 0 Å². The summed E-state index contributed by atoms with van der Waals surface area (Å²) in [5, 5.41) is 4.83. The number of thiazole rings is 1. The molecule has 3 nitrogen and oxygen atoms in total. The van der Waals surface area contributed by atoms with Gasteiger partial charge in [0.05, 0.1) is 10.7 Å². The number of hydrogen-bond acceptors (Lipinski definition) is 4. The molecule has 114 valence electrons. The van der Waals surface area contributed by atoms with Gasteiger partial charge in [0.1, 0.15) is 0 Å². The van der Waals surface area contributed by atoms with Crippen LogP contribution in [0, 0.1) is 13.8 Å². The van der Waals surface area contributed by atoms with Gasteiger partial charge in [-0.15, -0.1) is 11.3 Å². The molecule has 4 heteroatoms. The first-order valence-corrected chi connectivity index (χ1v) is 8.81. The van der Waals surface area contributed by atoms with Crippen LogP contribution in [-0.4, -0.2) is 35.6 Å². The Labute approximate surface area is 127 Å². The van der Waals surface area contributed by atoms with Gasteiger partial charge in [-0.25, -0.2) is 4.98 Å². The van der Waals surface area contributed by atoms with Crippen LogP contribution < -0.4 is 5.32 Å². The summed E-state index contributed by atoms with van der Waals surface area (Å²) in [7, 11) is 0. The predicted molar refractivity (Wildman–Crippen MR) is 87.5 cm³/mol. The first-order valence-electron chi connectivity index (χ1n) is 7.99. The first kappa shape index (κ1) is 15.9. The molecule has 0 bridgehead atoms. The molecule has 1 fully saturated rings. The molecule has 2 rings (SSSR count). The molecular weight excluding hydrogens is 266 g/mol. The summed E-state index contributed by atoms with van der Waals surface area (Å²) in [4.78, 5) is 8.56. The fourth-order valence-electron chi connectivity index (χ4n) is 3.13. The molecule has 1 saturated heterocycles. The summed E-state index contributed by atoms with van der Waals surface area (Å²) in [5.41, 5.74) is 1.19. The summed E-state index contributed by atoms with van der Waals surface area (Å²) in [6, 6.07) is 1.22. The van der Waals surface area contributed by atoms with Gasteiger partial charge in [0.15, 0.2) is 0 Å². The maximum absolute atomic E-state index is 4.51. The lowest BCUT2D eigenvalue weighted by Crippen LogP contribution is -2.39. The van der Waals surface area contributed by atoms with E-state index < -0.39 is 0 Å². The number of nitrogens with zero attached hydrogens (tertiary/aromatic N) is 2.